The molecule has 0 radical (unpaired) electrons. The summed E-state index contributed by atoms with van der Waals surface area (Å²) in [6, 6.07) is 11.0. The van der Waals surface area contributed by atoms with Crippen LogP contribution in [0.1, 0.15) is 37.3 Å². The number of sulfonamides is 1. The Labute approximate surface area is 250 Å². The molecule has 0 bridgehead atoms. The van der Waals surface area contributed by atoms with Crippen molar-refractivity contribution in [1.82, 2.24) is 14.1 Å². The number of piperazine rings is 1. The van der Waals surface area contributed by atoms with E-state index in [0.717, 1.165) is 23.9 Å². The van der Waals surface area contributed by atoms with Gasteiger partial charge in [0.15, 0.2) is 0 Å². The minimum atomic E-state index is -3.61. The molecule has 2 aromatic carbocycles. The Morgan fingerprint density at radius 1 is 1.12 bits per heavy atom. The Balaban J connectivity index is 1.41. The molecule has 2 unspecified atom stereocenters. The fourth-order valence-electron chi connectivity index (χ4n) is 5.84. The molecule has 1 aromatic heterocycles. The van der Waals surface area contributed by atoms with Crippen LogP contribution in [0, 0.1) is 17.7 Å². The van der Waals surface area contributed by atoms with Gasteiger partial charge >= 0.3 is 5.56 Å². The number of halogens is 2. The Bertz CT molecular complexity index is 1650. The van der Waals surface area contributed by atoms with Crippen LogP contribution < -0.4 is 20.9 Å². The fraction of sp³-hybridized carbons (Fsp3) is 0.419. The normalized spacial score (nSPS) is 19.5. The number of benzene rings is 2. The summed E-state index contributed by atoms with van der Waals surface area (Å²) < 4.78 is 63.1. The van der Waals surface area contributed by atoms with Gasteiger partial charge in [-0.2, -0.15) is 14.1 Å². The van der Waals surface area contributed by atoms with Crippen molar-refractivity contribution in [2.75, 3.05) is 50.1 Å². The lowest BCUT2D eigenvalue weighted by Crippen LogP contribution is -2.49. The third-order valence-corrected chi connectivity index (χ3v) is 10.1. The van der Waals surface area contributed by atoms with Crippen LogP contribution in [-0.2, 0) is 15.8 Å². The second kappa shape index (κ2) is 12.8. The first-order valence-electron chi connectivity index (χ1n) is 14.4. The number of aromatic nitrogens is 2. The minimum Gasteiger partial charge on any atom is -0.486 e. The number of allylic oxidation sites excluding steroid dienone is 1. The largest absolute Gasteiger partial charge is 0.486 e. The predicted molar refractivity (Wildman–Crippen MR) is 164 cm³/mol. The molecular weight excluding hydrogens is 576 g/mol. The van der Waals surface area contributed by atoms with Gasteiger partial charge in [-0.25, -0.2) is 12.8 Å². The molecule has 1 aliphatic heterocycles. The molecule has 9 nitrogen and oxygen atoms in total. The summed E-state index contributed by atoms with van der Waals surface area (Å²) in [5.41, 5.74) is 8.14. The maximum atomic E-state index is 14.5. The smallest absolute Gasteiger partial charge is 0.316 e. The molecule has 0 spiro atoms. The molecule has 1 aliphatic carbocycles. The van der Waals surface area contributed by atoms with Crippen LogP contribution in [0.5, 0.6) is 5.75 Å². The molecule has 12 heteroatoms. The zero-order valence-electron chi connectivity index (χ0n) is 24.2. The van der Waals surface area contributed by atoms with E-state index in [1.807, 2.05) is 4.90 Å². The molecule has 2 fully saturated rings. The van der Waals surface area contributed by atoms with Crippen molar-refractivity contribution in [3.8, 4) is 11.4 Å². The number of hydrogen-bond donors (Lipinski definition) is 1. The highest BCUT2D eigenvalue weighted by atomic mass is 32.2. The first-order chi connectivity index (χ1) is 20.6. The Morgan fingerprint density at radius 3 is 2.56 bits per heavy atom. The first-order valence-corrected chi connectivity index (χ1v) is 16.0. The van der Waals surface area contributed by atoms with E-state index in [1.165, 1.54) is 22.6 Å². The highest BCUT2D eigenvalue weighted by Gasteiger charge is 2.32. The maximum Gasteiger partial charge on any atom is 0.316 e. The van der Waals surface area contributed by atoms with Crippen molar-refractivity contribution < 1.29 is 21.9 Å². The average Bonchev–Trinajstić information content (AvgIpc) is 3.43. The molecule has 1 saturated heterocycles. The molecule has 2 aliphatic rings. The summed E-state index contributed by atoms with van der Waals surface area (Å²) in [6.07, 6.45) is 3.96. The van der Waals surface area contributed by atoms with Crippen LogP contribution in [0.15, 0.2) is 60.0 Å². The first kappa shape index (κ1) is 30.7. The number of ether oxygens (including phenoxy) is 1. The third kappa shape index (κ3) is 6.91. The van der Waals surface area contributed by atoms with Crippen LogP contribution in [0.3, 0.4) is 0 Å². The van der Waals surface area contributed by atoms with E-state index in [9.17, 15) is 22.0 Å². The lowest BCUT2D eigenvalue weighted by atomic mass is 9.98. The van der Waals surface area contributed by atoms with E-state index in [1.54, 1.807) is 37.3 Å². The van der Waals surface area contributed by atoms with Crippen LogP contribution in [0.4, 0.5) is 20.2 Å². The van der Waals surface area contributed by atoms with Gasteiger partial charge in [-0.1, -0.05) is 30.7 Å². The molecule has 43 heavy (non-hydrogen) atoms. The molecular formula is C31H37F2N5O4S. The molecule has 5 rings (SSSR count). The van der Waals surface area contributed by atoms with Crippen LogP contribution in [0.2, 0.25) is 0 Å². The molecule has 230 valence electrons. The van der Waals surface area contributed by atoms with E-state index in [-0.39, 0.29) is 48.7 Å². The summed E-state index contributed by atoms with van der Waals surface area (Å²) in [4.78, 5) is 15.7. The minimum absolute atomic E-state index is 0.0247. The van der Waals surface area contributed by atoms with Crippen LogP contribution in [0.25, 0.3) is 11.3 Å². The predicted octanol–water partition coefficient (Wildman–Crippen LogP) is 4.40. The highest BCUT2D eigenvalue weighted by Crippen LogP contribution is 2.34. The Morgan fingerprint density at radius 2 is 1.86 bits per heavy atom. The number of anilines is 2. The molecule has 1 saturated carbocycles. The van der Waals surface area contributed by atoms with Gasteiger partial charge in [0.2, 0.25) is 15.8 Å². The lowest BCUT2D eigenvalue weighted by Gasteiger charge is -2.36. The van der Waals surface area contributed by atoms with Gasteiger partial charge in [-0.15, -0.1) is 0 Å². The van der Waals surface area contributed by atoms with Crippen molar-refractivity contribution in [3.05, 3.63) is 82.5 Å². The van der Waals surface area contributed by atoms with E-state index in [2.05, 4.69) is 11.7 Å². The van der Waals surface area contributed by atoms with E-state index in [4.69, 9.17) is 10.5 Å². The van der Waals surface area contributed by atoms with Crippen molar-refractivity contribution in [1.29, 1.82) is 0 Å². The Kier molecular flexibility index (Phi) is 9.16. The van der Waals surface area contributed by atoms with E-state index < -0.39 is 28.1 Å². The summed E-state index contributed by atoms with van der Waals surface area (Å²) in [5.74, 6) is -0.833. The lowest BCUT2D eigenvalue weighted by molar-refractivity contribution is 0.190. The van der Waals surface area contributed by atoms with Crippen molar-refractivity contribution >= 4 is 27.0 Å². The number of alkyl halides is 1. The number of nitrogens with two attached hydrogens (primary N) is 1. The summed E-state index contributed by atoms with van der Waals surface area (Å²) in [5, 5.41) is 4.35. The number of nitrogens with zero attached hydrogens (tertiary/aromatic N) is 4. The number of nitrogen functional groups attached to an aromatic ring is 1. The van der Waals surface area contributed by atoms with Gasteiger partial charge in [0.25, 0.3) is 0 Å². The Hall–Kier alpha value is -3.77. The summed E-state index contributed by atoms with van der Waals surface area (Å²) >= 11 is 0. The van der Waals surface area contributed by atoms with Gasteiger partial charge in [-0.05, 0) is 73.1 Å². The van der Waals surface area contributed by atoms with Crippen molar-refractivity contribution in [3.63, 3.8) is 0 Å². The molecule has 2 heterocycles. The van der Waals surface area contributed by atoms with Crippen molar-refractivity contribution in [2.45, 2.75) is 31.9 Å². The number of rotatable bonds is 10. The van der Waals surface area contributed by atoms with Crippen LogP contribution >= 0.6 is 0 Å². The van der Waals surface area contributed by atoms with Gasteiger partial charge in [0.1, 0.15) is 11.5 Å². The monoisotopic (exact) mass is 613 g/mol. The van der Waals surface area contributed by atoms with Crippen LogP contribution in [-0.4, -0.2) is 62.0 Å². The second-order valence-corrected chi connectivity index (χ2v) is 13.3. The van der Waals surface area contributed by atoms with E-state index in [0.29, 0.717) is 41.2 Å². The van der Waals surface area contributed by atoms with Gasteiger partial charge in [0.05, 0.1) is 30.9 Å². The number of hydrogen-bond acceptors (Lipinski definition) is 7. The quantitative estimate of drug-likeness (QED) is 0.338. The van der Waals surface area contributed by atoms with Crippen molar-refractivity contribution in [2.24, 2.45) is 11.8 Å². The van der Waals surface area contributed by atoms with Gasteiger partial charge in [0, 0.05) is 31.9 Å². The zero-order chi connectivity index (χ0) is 30.7. The molecule has 0 amide bonds. The molecule has 2 atom stereocenters. The second-order valence-electron chi connectivity index (χ2n) is 11.4. The zero-order valence-corrected chi connectivity index (χ0v) is 25.0. The van der Waals surface area contributed by atoms with Gasteiger partial charge < -0.3 is 15.4 Å². The molecule has 2 N–H and O–H groups in total. The average molecular weight is 614 g/mol. The standard InChI is InChI=1S/C31H37F2N5O4S/c1-21(2)25-14-26(33)16-28(15-25)38-31(39)30(42-19-24-7-4-6-23(24)17-32)29(18-35-38)36-9-11-37(12-10-36)43(40,41)20-22-5-3-8-27(34)13-22/h3,5,8,13-16,18,23-24H,1,4,6-7,9-12,17,19-20,34H2,2H3. The van der Waals surface area contributed by atoms with E-state index >= 15 is 0 Å². The maximum absolute atomic E-state index is 14.5. The fourth-order valence-corrected chi connectivity index (χ4v) is 7.34. The molecule has 3 aromatic rings. The SMILES string of the molecule is C=C(C)c1cc(F)cc(-n2ncc(N3CCN(S(=O)(=O)Cc4cccc(N)c4)CC3)c(OCC3CCCC3CF)c2=O)c1. The highest BCUT2D eigenvalue weighted by molar-refractivity contribution is 7.88. The van der Waals surface area contributed by atoms with Gasteiger partial charge in [-0.3, -0.25) is 9.18 Å². The topological polar surface area (TPSA) is 111 Å². The third-order valence-electron chi connectivity index (χ3n) is 8.26. The summed E-state index contributed by atoms with van der Waals surface area (Å²) in [6.45, 7) is 6.32. The summed E-state index contributed by atoms with van der Waals surface area (Å²) in [7, 11) is -3.61.